The highest BCUT2D eigenvalue weighted by Crippen LogP contribution is 2.47. The van der Waals surface area contributed by atoms with Gasteiger partial charge in [0.1, 0.15) is 11.3 Å². The number of ketones is 1. The van der Waals surface area contributed by atoms with Gasteiger partial charge in [-0.05, 0) is 24.0 Å². The molecule has 1 aliphatic heterocycles. The van der Waals surface area contributed by atoms with Crippen LogP contribution < -0.4 is 5.73 Å². The summed E-state index contributed by atoms with van der Waals surface area (Å²) < 4.78 is 11.1. The molecule has 0 radical (unpaired) electrons. The number of allylic oxidation sites excluding steroid dienone is 2. The standard InChI is InChI=1S/C24H23NO4/c1-2-28-24(27)22-20(16-11-7-4-8-12-16)21-18(26)13-17(14-19(21)29-23(22)25)15-9-5-3-6-10-15/h3-12,17,20H,2,13-14,25H2,1H3. The highest BCUT2D eigenvalue weighted by molar-refractivity contribution is 6.03. The molecule has 0 fully saturated rings. The van der Waals surface area contributed by atoms with Crippen molar-refractivity contribution in [2.24, 2.45) is 5.73 Å². The van der Waals surface area contributed by atoms with Gasteiger partial charge in [-0.2, -0.15) is 0 Å². The van der Waals surface area contributed by atoms with Crippen molar-refractivity contribution in [2.45, 2.75) is 31.6 Å². The molecular weight excluding hydrogens is 366 g/mol. The Labute approximate surface area is 169 Å². The fourth-order valence-electron chi connectivity index (χ4n) is 4.16. The molecule has 4 rings (SSSR count). The molecule has 0 aromatic heterocycles. The normalized spacial score (nSPS) is 21.5. The van der Waals surface area contributed by atoms with E-state index < -0.39 is 11.9 Å². The van der Waals surface area contributed by atoms with Crippen molar-refractivity contribution >= 4 is 11.8 Å². The first-order valence-electron chi connectivity index (χ1n) is 9.80. The first-order valence-corrected chi connectivity index (χ1v) is 9.80. The van der Waals surface area contributed by atoms with Gasteiger partial charge in [-0.15, -0.1) is 0 Å². The van der Waals surface area contributed by atoms with E-state index in [0.29, 0.717) is 24.2 Å². The maximum atomic E-state index is 13.3. The van der Waals surface area contributed by atoms with Crippen LogP contribution in [0, 0.1) is 0 Å². The van der Waals surface area contributed by atoms with Crippen LogP contribution in [-0.4, -0.2) is 18.4 Å². The second-order valence-electron chi connectivity index (χ2n) is 7.22. The molecule has 0 bridgehead atoms. The zero-order chi connectivity index (χ0) is 20.4. The molecule has 2 aromatic rings. The Hall–Kier alpha value is -3.34. The van der Waals surface area contributed by atoms with Crippen LogP contribution in [0.1, 0.15) is 42.7 Å². The van der Waals surface area contributed by atoms with Crippen LogP contribution in [0.2, 0.25) is 0 Å². The summed E-state index contributed by atoms with van der Waals surface area (Å²) in [5, 5.41) is 0. The number of rotatable bonds is 4. The van der Waals surface area contributed by atoms with E-state index in [1.807, 2.05) is 60.7 Å². The minimum atomic E-state index is -0.580. The Morgan fingerprint density at radius 2 is 1.66 bits per heavy atom. The summed E-state index contributed by atoms with van der Waals surface area (Å²) in [5.41, 5.74) is 8.81. The first kappa shape index (κ1) is 19.0. The molecule has 2 N–H and O–H groups in total. The molecule has 2 aliphatic rings. The van der Waals surface area contributed by atoms with Crippen molar-refractivity contribution in [3.63, 3.8) is 0 Å². The molecule has 1 aliphatic carbocycles. The molecule has 0 amide bonds. The summed E-state index contributed by atoms with van der Waals surface area (Å²) in [6.45, 7) is 1.95. The first-order chi connectivity index (χ1) is 14.1. The fourth-order valence-corrected chi connectivity index (χ4v) is 4.16. The van der Waals surface area contributed by atoms with Gasteiger partial charge < -0.3 is 15.2 Å². The quantitative estimate of drug-likeness (QED) is 0.802. The van der Waals surface area contributed by atoms with Gasteiger partial charge >= 0.3 is 5.97 Å². The Kier molecular flexibility index (Phi) is 5.21. The molecular formula is C24H23NO4. The van der Waals surface area contributed by atoms with Gasteiger partial charge in [0.15, 0.2) is 5.78 Å². The molecule has 0 saturated carbocycles. The number of Topliss-reactive ketones (excluding diaryl/α,β-unsaturated/α-hetero) is 1. The summed E-state index contributed by atoms with van der Waals surface area (Å²) in [6.07, 6.45) is 0.927. The smallest absolute Gasteiger partial charge is 0.340 e. The predicted octanol–water partition coefficient (Wildman–Crippen LogP) is 3.93. The minimum Gasteiger partial charge on any atom is -0.462 e. The van der Waals surface area contributed by atoms with Crippen molar-refractivity contribution < 1.29 is 19.1 Å². The molecule has 1 heterocycles. The van der Waals surface area contributed by atoms with Crippen molar-refractivity contribution in [3.05, 3.63) is 94.6 Å². The SMILES string of the molecule is CCOC(=O)C1=C(N)OC2=C(C(=O)CC(c3ccccc3)C2)C1c1ccccc1. The molecule has 2 aromatic carbocycles. The average Bonchev–Trinajstić information content (AvgIpc) is 2.74. The number of carbonyl (C=O) groups is 2. The lowest BCUT2D eigenvalue weighted by atomic mass is 9.73. The van der Waals surface area contributed by atoms with Gasteiger partial charge in [-0.3, -0.25) is 4.79 Å². The van der Waals surface area contributed by atoms with Crippen LogP contribution in [-0.2, 0) is 19.1 Å². The molecule has 0 saturated heterocycles. The monoisotopic (exact) mass is 389 g/mol. The average molecular weight is 389 g/mol. The largest absolute Gasteiger partial charge is 0.462 e. The predicted molar refractivity (Wildman–Crippen MR) is 109 cm³/mol. The van der Waals surface area contributed by atoms with Crippen molar-refractivity contribution in [3.8, 4) is 0 Å². The number of benzene rings is 2. The highest BCUT2D eigenvalue weighted by Gasteiger charge is 2.43. The Bertz CT molecular complexity index is 992. The third kappa shape index (κ3) is 3.56. The number of esters is 1. The van der Waals surface area contributed by atoms with Crippen LogP contribution in [0.25, 0.3) is 0 Å². The van der Waals surface area contributed by atoms with Gasteiger partial charge in [0.25, 0.3) is 0 Å². The third-order valence-electron chi connectivity index (χ3n) is 5.44. The van der Waals surface area contributed by atoms with E-state index in [4.69, 9.17) is 15.2 Å². The maximum absolute atomic E-state index is 13.3. The minimum absolute atomic E-state index is 0.0116. The third-order valence-corrected chi connectivity index (χ3v) is 5.44. The van der Waals surface area contributed by atoms with Gasteiger partial charge in [-0.25, -0.2) is 4.79 Å². The molecule has 148 valence electrons. The lowest BCUT2D eigenvalue weighted by Crippen LogP contribution is -2.33. The highest BCUT2D eigenvalue weighted by atomic mass is 16.5. The molecule has 29 heavy (non-hydrogen) atoms. The Morgan fingerprint density at radius 1 is 1.03 bits per heavy atom. The number of hydrogen-bond acceptors (Lipinski definition) is 5. The van der Waals surface area contributed by atoms with E-state index >= 15 is 0 Å². The van der Waals surface area contributed by atoms with E-state index in [2.05, 4.69) is 0 Å². The second-order valence-corrected chi connectivity index (χ2v) is 7.22. The molecule has 0 spiro atoms. The summed E-state index contributed by atoms with van der Waals surface area (Å²) in [4.78, 5) is 26.0. The van der Waals surface area contributed by atoms with Crippen molar-refractivity contribution in [1.29, 1.82) is 0 Å². The summed E-state index contributed by atoms with van der Waals surface area (Å²) >= 11 is 0. The fraction of sp³-hybridized carbons (Fsp3) is 0.250. The van der Waals surface area contributed by atoms with Crippen LogP contribution in [0.15, 0.2) is 83.5 Å². The Morgan fingerprint density at radius 3 is 2.28 bits per heavy atom. The maximum Gasteiger partial charge on any atom is 0.340 e. The van der Waals surface area contributed by atoms with E-state index in [1.165, 1.54) is 0 Å². The number of nitrogens with two attached hydrogens (primary N) is 1. The van der Waals surface area contributed by atoms with Crippen LogP contribution in [0.3, 0.4) is 0 Å². The van der Waals surface area contributed by atoms with E-state index in [0.717, 1.165) is 11.1 Å². The number of ether oxygens (including phenoxy) is 2. The van der Waals surface area contributed by atoms with E-state index in [1.54, 1.807) is 6.92 Å². The molecule has 2 unspecified atom stereocenters. The van der Waals surface area contributed by atoms with E-state index in [9.17, 15) is 9.59 Å². The summed E-state index contributed by atoms with van der Waals surface area (Å²) in [6, 6.07) is 19.4. The summed E-state index contributed by atoms with van der Waals surface area (Å²) in [5.74, 6) is -0.572. The zero-order valence-electron chi connectivity index (χ0n) is 16.3. The van der Waals surface area contributed by atoms with Gasteiger partial charge in [0.05, 0.1) is 12.5 Å². The number of carbonyl (C=O) groups excluding carboxylic acids is 2. The molecule has 5 heteroatoms. The van der Waals surface area contributed by atoms with Crippen LogP contribution in [0.4, 0.5) is 0 Å². The molecule has 5 nitrogen and oxygen atoms in total. The summed E-state index contributed by atoms with van der Waals surface area (Å²) in [7, 11) is 0. The second kappa shape index (κ2) is 7.95. The van der Waals surface area contributed by atoms with Gasteiger partial charge in [0, 0.05) is 18.4 Å². The lowest BCUT2D eigenvalue weighted by Gasteiger charge is -2.35. The zero-order valence-corrected chi connectivity index (χ0v) is 16.3. The van der Waals surface area contributed by atoms with E-state index in [-0.39, 0.29) is 29.8 Å². The van der Waals surface area contributed by atoms with Gasteiger partial charge in [-0.1, -0.05) is 60.7 Å². The van der Waals surface area contributed by atoms with Crippen LogP contribution >= 0.6 is 0 Å². The number of hydrogen-bond donors (Lipinski definition) is 1. The van der Waals surface area contributed by atoms with Crippen molar-refractivity contribution in [1.82, 2.24) is 0 Å². The van der Waals surface area contributed by atoms with Gasteiger partial charge in [0.2, 0.25) is 5.88 Å². The topological polar surface area (TPSA) is 78.6 Å². The molecule has 2 atom stereocenters. The lowest BCUT2D eigenvalue weighted by molar-refractivity contribution is -0.139. The van der Waals surface area contributed by atoms with Crippen LogP contribution in [0.5, 0.6) is 0 Å². The Balaban J connectivity index is 1.79. The van der Waals surface area contributed by atoms with Crippen molar-refractivity contribution in [2.75, 3.05) is 6.61 Å².